The van der Waals surface area contributed by atoms with Gasteiger partial charge in [-0.25, -0.2) is 9.78 Å². The van der Waals surface area contributed by atoms with Gasteiger partial charge in [-0.15, -0.1) is 11.3 Å². The molecule has 0 fully saturated rings. The minimum atomic E-state index is -0.586. The van der Waals surface area contributed by atoms with Crippen molar-refractivity contribution in [2.45, 2.75) is 19.8 Å². The number of carbonyl (C=O) groups excluding carboxylic acids is 1. The Morgan fingerprint density at radius 2 is 2.39 bits per heavy atom. The van der Waals surface area contributed by atoms with E-state index in [1.54, 1.807) is 0 Å². The van der Waals surface area contributed by atoms with Crippen molar-refractivity contribution in [3.63, 3.8) is 0 Å². The van der Waals surface area contributed by atoms with Crippen LogP contribution in [0.4, 0.5) is 0 Å². The SMILES string of the molecule is CCCCOC(=O)c1nc(Br)c2ccsc2c1O. The van der Waals surface area contributed by atoms with Gasteiger partial charge in [0.25, 0.3) is 0 Å². The molecule has 0 saturated carbocycles. The van der Waals surface area contributed by atoms with Crippen LogP contribution in [-0.4, -0.2) is 22.7 Å². The Morgan fingerprint density at radius 1 is 1.61 bits per heavy atom. The summed E-state index contributed by atoms with van der Waals surface area (Å²) in [6, 6.07) is 1.84. The Kier molecular flexibility index (Phi) is 4.19. The molecule has 2 rings (SSSR count). The summed E-state index contributed by atoms with van der Waals surface area (Å²) in [5.74, 6) is -0.693. The molecule has 0 aliphatic carbocycles. The smallest absolute Gasteiger partial charge is 0.360 e. The van der Waals surface area contributed by atoms with Crippen molar-refractivity contribution in [3.8, 4) is 5.75 Å². The van der Waals surface area contributed by atoms with Crippen molar-refractivity contribution in [2.75, 3.05) is 6.61 Å². The first-order valence-electron chi connectivity index (χ1n) is 5.58. The molecular formula is C12H12BrNO3S. The van der Waals surface area contributed by atoms with Crippen LogP contribution in [-0.2, 0) is 4.74 Å². The van der Waals surface area contributed by atoms with Gasteiger partial charge in [0.15, 0.2) is 11.4 Å². The molecule has 0 aliphatic heterocycles. The van der Waals surface area contributed by atoms with Crippen LogP contribution in [0.2, 0.25) is 0 Å². The van der Waals surface area contributed by atoms with E-state index in [9.17, 15) is 9.90 Å². The second kappa shape index (κ2) is 5.67. The Bertz CT molecular complexity index is 582. The zero-order valence-electron chi connectivity index (χ0n) is 9.77. The molecule has 0 atom stereocenters. The maximum atomic E-state index is 11.8. The summed E-state index contributed by atoms with van der Waals surface area (Å²) in [6.45, 7) is 2.36. The van der Waals surface area contributed by atoms with E-state index in [2.05, 4.69) is 20.9 Å². The highest BCUT2D eigenvalue weighted by Crippen LogP contribution is 2.36. The van der Waals surface area contributed by atoms with Crippen molar-refractivity contribution >= 4 is 43.3 Å². The molecule has 18 heavy (non-hydrogen) atoms. The molecule has 6 heteroatoms. The average molecular weight is 330 g/mol. The van der Waals surface area contributed by atoms with Crippen LogP contribution in [0.1, 0.15) is 30.3 Å². The van der Waals surface area contributed by atoms with Gasteiger partial charge in [0, 0.05) is 5.39 Å². The highest BCUT2D eigenvalue weighted by atomic mass is 79.9. The third kappa shape index (κ3) is 2.49. The summed E-state index contributed by atoms with van der Waals surface area (Å²) in [5.41, 5.74) is -0.0343. The van der Waals surface area contributed by atoms with Gasteiger partial charge in [0.1, 0.15) is 4.60 Å². The molecule has 0 aliphatic rings. The molecule has 2 aromatic rings. The first kappa shape index (κ1) is 13.3. The fourth-order valence-electron chi connectivity index (χ4n) is 1.49. The van der Waals surface area contributed by atoms with Gasteiger partial charge >= 0.3 is 5.97 Å². The first-order chi connectivity index (χ1) is 8.65. The zero-order valence-corrected chi connectivity index (χ0v) is 12.2. The van der Waals surface area contributed by atoms with Gasteiger partial charge in [-0.3, -0.25) is 0 Å². The van der Waals surface area contributed by atoms with Crippen LogP contribution in [0.25, 0.3) is 10.1 Å². The van der Waals surface area contributed by atoms with E-state index in [1.807, 2.05) is 18.4 Å². The second-order valence-corrected chi connectivity index (χ2v) is 5.42. The number of aromatic nitrogens is 1. The average Bonchev–Trinajstić information content (AvgIpc) is 2.84. The highest BCUT2D eigenvalue weighted by Gasteiger charge is 2.20. The largest absolute Gasteiger partial charge is 0.504 e. The predicted molar refractivity (Wildman–Crippen MR) is 74.2 cm³/mol. The predicted octanol–water partition coefficient (Wildman–Crippen LogP) is 3.72. The number of thiophene rings is 1. The quantitative estimate of drug-likeness (QED) is 0.527. The van der Waals surface area contributed by atoms with Crippen molar-refractivity contribution < 1.29 is 14.6 Å². The molecule has 0 saturated heterocycles. The monoisotopic (exact) mass is 329 g/mol. The van der Waals surface area contributed by atoms with Crippen LogP contribution in [0.5, 0.6) is 5.75 Å². The Morgan fingerprint density at radius 3 is 3.11 bits per heavy atom. The number of rotatable bonds is 4. The number of unbranched alkanes of at least 4 members (excludes halogenated alkanes) is 1. The molecule has 0 bridgehead atoms. The maximum Gasteiger partial charge on any atom is 0.360 e. The Balaban J connectivity index is 2.33. The van der Waals surface area contributed by atoms with Crippen molar-refractivity contribution in [1.82, 2.24) is 4.98 Å². The lowest BCUT2D eigenvalue weighted by atomic mass is 10.2. The number of nitrogens with zero attached hydrogens (tertiary/aromatic N) is 1. The van der Waals surface area contributed by atoms with Crippen LogP contribution in [0.3, 0.4) is 0 Å². The van der Waals surface area contributed by atoms with E-state index < -0.39 is 5.97 Å². The van der Waals surface area contributed by atoms with Crippen molar-refractivity contribution in [1.29, 1.82) is 0 Å². The van der Waals surface area contributed by atoms with E-state index in [1.165, 1.54) is 11.3 Å². The zero-order chi connectivity index (χ0) is 13.1. The van der Waals surface area contributed by atoms with Gasteiger partial charge in [-0.05, 0) is 33.8 Å². The summed E-state index contributed by atoms with van der Waals surface area (Å²) in [7, 11) is 0. The molecule has 0 aromatic carbocycles. The van der Waals surface area contributed by atoms with Crippen molar-refractivity contribution in [2.24, 2.45) is 0 Å². The molecule has 0 amide bonds. The number of carbonyl (C=O) groups is 1. The lowest BCUT2D eigenvalue weighted by Crippen LogP contribution is -2.09. The lowest BCUT2D eigenvalue weighted by molar-refractivity contribution is 0.0489. The van der Waals surface area contributed by atoms with Gasteiger partial charge in [0.2, 0.25) is 0 Å². The van der Waals surface area contributed by atoms with Crippen LogP contribution < -0.4 is 0 Å². The van der Waals surface area contributed by atoms with Gasteiger partial charge in [-0.2, -0.15) is 0 Å². The van der Waals surface area contributed by atoms with E-state index in [0.29, 0.717) is 15.9 Å². The summed E-state index contributed by atoms with van der Waals surface area (Å²) in [6.07, 6.45) is 1.75. The Hall–Kier alpha value is -1.14. The second-order valence-electron chi connectivity index (χ2n) is 3.75. The molecule has 1 N–H and O–H groups in total. The van der Waals surface area contributed by atoms with Crippen molar-refractivity contribution in [3.05, 3.63) is 21.7 Å². The van der Waals surface area contributed by atoms with Crippen LogP contribution in [0, 0.1) is 0 Å². The molecule has 4 nitrogen and oxygen atoms in total. The molecule has 2 aromatic heterocycles. The molecule has 0 radical (unpaired) electrons. The highest BCUT2D eigenvalue weighted by molar-refractivity contribution is 9.10. The van der Waals surface area contributed by atoms with E-state index >= 15 is 0 Å². The normalized spacial score (nSPS) is 10.8. The molecule has 0 spiro atoms. The first-order valence-corrected chi connectivity index (χ1v) is 7.25. The van der Waals surface area contributed by atoms with E-state index in [4.69, 9.17) is 4.74 Å². The Labute approximate surface area is 117 Å². The topological polar surface area (TPSA) is 59.4 Å². The minimum Gasteiger partial charge on any atom is -0.504 e. The number of pyridine rings is 1. The van der Waals surface area contributed by atoms with Crippen LogP contribution in [0.15, 0.2) is 16.0 Å². The number of halogens is 1. The van der Waals surface area contributed by atoms with Gasteiger partial charge < -0.3 is 9.84 Å². The minimum absolute atomic E-state index is 0.0343. The number of aromatic hydroxyl groups is 1. The number of esters is 1. The number of ether oxygens (including phenoxy) is 1. The van der Waals surface area contributed by atoms with Gasteiger partial charge in [0.05, 0.1) is 11.3 Å². The summed E-state index contributed by atoms with van der Waals surface area (Å²) in [4.78, 5) is 15.8. The third-order valence-electron chi connectivity index (χ3n) is 2.46. The molecular weight excluding hydrogens is 318 g/mol. The number of fused-ring (bicyclic) bond motifs is 1. The lowest BCUT2D eigenvalue weighted by Gasteiger charge is -2.06. The molecule has 2 heterocycles. The number of hydrogen-bond donors (Lipinski definition) is 1. The molecule has 0 unspecified atom stereocenters. The fraction of sp³-hybridized carbons (Fsp3) is 0.333. The van der Waals surface area contributed by atoms with Gasteiger partial charge in [-0.1, -0.05) is 13.3 Å². The number of hydrogen-bond acceptors (Lipinski definition) is 5. The molecule has 96 valence electrons. The third-order valence-corrected chi connectivity index (χ3v) is 3.99. The van der Waals surface area contributed by atoms with E-state index in [-0.39, 0.29) is 11.4 Å². The summed E-state index contributed by atoms with van der Waals surface area (Å²) < 4.78 is 6.23. The van der Waals surface area contributed by atoms with E-state index in [0.717, 1.165) is 18.2 Å². The standard InChI is InChI=1S/C12H12BrNO3S/c1-2-3-5-17-12(16)8-9(15)10-7(4-6-18-10)11(13)14-8/h4,6,15H,2-3,5H2,1H3. The fourth-order valence-corrected chi connectivity index (χ4v) is 2.97. The summed E-state index contributed by atoms with van der Waals surface area (Å²) >= 11 is 4.65. The maximum absolute atomic E-state index is 11.8. The summed E-state index contributed by atoms with van der Waals surface area (Å²) in [5, 5.41) is 12.6. The van der Waals surface area contributed by atoms with Crippen LogP contribution >= 0.6 is 27.3 Å².